The van der Waals surface area contributed by atoms with Gasteiger partial charge in [-0.15, -0.1) is 0 Å². The fourth-order valence-electron chi connectivity index (χ4n) is 5.28. The van der Waals surface area contributed by atoms with Crippen LogP contribution in [0.15, 0.2) is 72.8 Å². The number of rotatable bonds is 7. The van der Waals surface area contributed by atoms with Crippen molar-refractivity contribution in [3.05, 3.63) is 89.6 Å². The number of para-hydroxylation sites is 2. The van der Waals surface area contributed by atoms with Crippen molar-refractivity contribution in [1.29, 1.82) is 0 Å². The molecule has 7 nitrogen and oxygen atoms in total. The van der Waals surface area contributed by atoms with Crippen LogP contribution in [0.1, 0.15) is 35.5 Å². The summed E-state index contributed by atoms with van der Waals surface area (Å²) in [7, 11) is 0. The number of piperazine rings is 1. The highest BCUT2D eigenvalue weighted by atomic mass is 16.5. The third-order valence-electron chi connectivity index (χ3n) is 6.99. The highest BCUT2D eigenvalue weighted by Crippen LogP contribution is 2.34. The molecule has 1 saturated heterocycles. The van der Waals surface area contributed by atoms with E-state index in [1.807, 2.05) is 43.3 Å². The number of nitrogens with zero attached hydrogens (tertiary/aromatic N) is 3. The van der Waals surface area contributed by atoms with Crippen LogP contribution >= 0.6 is 0 Å². The number of aryl methyl sites for hydroxylation is 1. The molecule has 4 aromatic rings. The van der Waals surface area contributed by atoms with Crippen molar-refractivity contribution >= 4 is 28.5 Å². The summed E-state index contributed by atoms with van der Waals surface area (Å²) in [6, 6.07) is 23.9. The number of hydrogen-bond donors (Lipinski definition) is 0. The molecule has 0 atom stereocenters. The molecule has 3 aromatic carbocycles. The van der Waals surface area contributed by atoms with E-state index in [1.54, 1.807) is 12.1 Å². The number of anilines is 1. The summed E-state index contributed by atoms with van der Waals surface area (Å²) in [6.07, 6.45) is 0. The molecule has 7 heteroatoms. The minimum absolute atomic E-state index is 0.273. The topological polar surface area (TPSA) is 64.0 Å². The van der Waals surface area contributed by atoms with Crippen molar-refractivity contribution in [3.63, 3.8) is 0 Å². The Balaban J connectivity index is 1.56. The number of carbonyl (C=O) groups is 2. The number of carbonyl (C=O) groups excluding carboxylic acids is 2. The molecular weight excluding hydrogens is 478 g/mol. The summed E-state index contributed by atoms with van der Waals surface area (Å²) in [5.74, 6) is -0.379. The SMILES string of the molecule is CCOC(=O)c1c(CN2CCN(c3ccccc3C)CC2)n(-c2ccccc2)c2ccc(OC(C)=O)cc12. The van der Waals surface area contributed by atoms with Crippen molar-refractivity contribution in [2.45, 2.75) is 27.3 Å². The van der Waals surface area contributed by atoms with Crippen LogP contribution in [0.3, 0.4) is 0 Å². The van der Waals surface area contributed by atoms with E-state index >= 15 is 0 Å². The zero-order valence-electron chi connectivity index (χ0n) is 22.1. The van der Waals surface area contributed by atoms with E-state index in [2.05, 4.69) is 45.6 Å². The summed E-state index contributed by atoms with van der Waals surface area (Å²) in [6.45, 7) is 9.73. The van der Waals surface area contributed by atoms with Crippen molar-refractivity contribution in [1.82, 2.24) is 9.47 Å². The molecular formula is C31H33N3O4. The maximum Gasteiger partial charge on any atom is 0.340 e. The molecule has 196 valence electrons. The fraction of sp³-hybridized carbons (Fsp3) is 0.290. The van der Waals surface area contributed by atoms with E-state index in [1.165, 1.54) is 18.2 Å². The van der Waals surface area contributed by atoms with E-state index in [-0.39, 0.29) is 12.6 Å². The van der Waals surface area contributed by atoms with Crippen molar-refractivity contribution in [2.75, 3.05) is 37.7 Å². The summed E-state index contributed by atoms with van der Waals surface area (Å²) in [4.78, 5) is 29.9. The molecule has 0 bridgehead atoms. The molecule has 0 N–H and O–H groups in total. The minimum Gasteiger partial charge on any atom is -0.462 e. The van der Waals surface area contributed by atoms with Gasteiger partial charge in [0, 0.05) is 56.4 Å². The Morgan fingerprint density at radius 2 is 1.61 bits per heavy atom. The maximum absolute atomic E-state index is 13.4. The molecule has 0 saturated carbocycles. The first-order chi connectivity index (χ1) is 18.5. The van der Waals surface area contributed by atoms with Gasteiger partial charge < -0.3 is 18.9 Å². The monoisotopic (exact) mass is 511 g/mol. The number of ether oxygens (including phenoxy) is 2. The van der Waals surface area contributed by atoms with Gasteiger partial charge in [-0.05, 0) is 55.8 Å². The van der Waals surface area contributed by atoms with Gasteiger partial charge in [-0.25, -0.2) is 4.79 Å². The van der Waals surface area contributed by atoms with Crippen LogP contribution in [-0.4, -0.2) is 54.2 Å². The summed E-state index contributed by atoms with van der Waals surface area (Å²) in [5, 5.41) is 0.708. The predicted molar refractivity (Wildman–Crippen MR) is 149 cm³/mol. The lowest BCUT2D eigenvalue weighted by Gasteiger charge is -2.37. The lowest BCUT2D eigenvalue weighted by molar-refractivity contribution is -0.131. The zero-order chi connectivity index (χ0) is 26.6. The highest BCUT2D eigenvalue weighted by Gasteiger charge is 2.28. The number of hydrogen-bond acceptors (Lipinski definition) is 6. The summed E-state index contributed by atoms with van der Waals surface area (Å²) in [5.41, 5.74) is 5.76. The second-order valence-corrected chi connectivity index (χ2v) is 9.54. The first kappa shape index (κ1) is 25.5. The van der Waals surface area contributed by atoms with Crippen molar-refractivity contribution < 1.29 is 19.1 Å². The van der Waals surface area contributed by atoms with Gasteiger partial charge in [0.15, 0.2) is 0 Å². The molecule has 1 fully saturated rings. The van der Waals surface area contributed by atoms with Gasteiger partial charge in [0.25, 0.3) is 0 Å². The van der Waals surface area contributed by atoms with Gasteiger partial charge >= 0.3 is 11.9 Å². The number of aromatic nitrogens is 1. The van der Waals surface area contributed by atoms with Crippen LogP contribution in [0.25, 0.3) is 16.6 Å². The molecule has 2 heterocycles. The molecule has 5 rings (SSSR count). The summed E-state index contributed by atoms with van der Waals surface area (Å²) < 4.78 is 13.0. The molecule has 1 aromatic heterocycles. The third-order valence-corrected chi connectivity index (χ3v) is 6.99. The molecule has 0 aliphatic carbocycles. The quantitative estimate of drug-likeness (QED) is 0.246. The Bertz CT molecular complexity index is 1450. The van der Waals surface area contributed by atoms with Crippen LogP contribution < -0.4 is 9.64 Å². The van der Waals surface area contributed by atoms with Crippen LogP contribution in [0, 0.1) is 6.92 Å². The van der Waals surface area contributed by atoms with Crippen molar-refractivity contribution in [3.8, 4) is 11.4 Å². The lowest BCUT2D eigenvalue weighted by atomic mass is 10.1. The van der Waals surface area contributed by atoms with Gasteiger partial charge in [-0.3, -0.25) is 9.69 Å². The van der Waals surface area contributed by atoms with Gasteiger partial charge in [0.1, 0.15) is 5.75 Å². The first-order valence-electron chi connectivity index (χ1n) is 13.1. The highest BCUT2D eigenvalue weighted by molar-refractivity contribution is 6.07. The largest absolute Gasteiger partial charge is 0.462 e. The van der Waals surface area contributed by atoms with Crippen LogP contribution in [0.4, 0.5) is 5.69 Å². The van der Waals surface area contributed by atoms with Crippen molar-refractivity contribution in [2.24, 2.45) is 0 Å². The van der Waals surface area contributed by atoms with Gasteiger partial charge in [-0.1, -0.05) is 36.4 Å². The van der Waals surface area contributed by atoms with Gasteiger partial charge in [0.2, 0.25) is 0 Å². The second kappa shape index (κ2) is 11.1. The lowest BCUT2D eigenvalue weighted by Crippen LogP contribution is -2.46. The van der Waals surface area contributed by atoms with Crippen LogP contribution in [-0.2, 0) is 16.1 Å². The molecule has 0 spiro atoms. The van der Waals surface area contributed by atoms with Crippen LogP contribution in [0.5, 0.6) is 5.75 Å². The molecule has 1 aliphatic heterocycles. The Kier molecular flexibility index (Phi) is 7.47. The average molecular weight is 512 g/mol. The fourth-order valence-corrected chi connectivity index (χ4v) is 5.28. The maximum atomic E-state index is 13.4. The Hall–Kier alpha value is -4.10. The van der Waals surface area contributed by atoms with E-state index < -0.39 is 5.97 Å². The Morgan fingerprint density at radius 1 is 0.895 bits per heavy atom. The minimum atomic E-state index is -0.406. The molecule has 38 heavy (non-hydrogen) atoms. The number of esters is 2. The molecule has 1 aliphatic rings. The standard InChI is InChI=1S/C31H33N3O4/c1-4-37-31(36)30-26-20-25(38-23(3)35)14-15-28(26)34(24-11-6-5-7-12-24)29(30)21-32-16-18-33(19-17-32)27-13-9-8-10-22(27)2/h5-15,20H,4,16-19,21H2,1-3H3. The van der Waals surface area contributed by atoms with E-state index in [0.29, 0.717) is 23.2 Å². The third kappa shape index (κ3) is 5.15. The molecule has 0 amide bonds. The van der Waals surface area contributed by atoms with E-state index in [9.17, 15) is 9.59 Å². The predicted octanol–water partition coefficient (Wildman–Crippen LogP) is 5.36. The zero-order valence-corrected chi connectivity index (χ0v) is 22.1. The Labute approximate surface area is 223 Å². The van der Waals surface area contributed by atoms with Gasteiger partial charge in [-0.2, -0.15) is 0 Å². The molecule has 0 unspecified atom stereocenters. The van der Waals surface area contributed by atoms with E-state index in [4.69, 9.17) is 9.47 Å². The normalized spacial score (nSPS) is 14.0. The molecule has 0 radical (unpaired) electrons. The first-order valence-corrected chi connectivity index (χ1v) is 13.1. The number of benzene rings is 3. The Morgan fingerprint density at radius 3 is 2.29 bits per heavy atom. The summed E-state index contributed by atoms with van der Waals surface area (Å²) >= 11 is 0. The average Bonchev–Trinajstić information content (AvgIpc) is 3.22. The second-order valence-electron chi connectivity index (χ2n) is 9.54. The van der Waals surface area contributed by atoms with Crippen LogP contribution in [0.2, 0.25) is 0 Å². The van der Waals surface area contributed by atoms with E-state index in [0.717, 1.165) is 43.1 Å². The number of fused-ring (bicyclic) bond motifs is 1. The smallest absolute Gasteiger partial charge is 0.340 e. The van der Waals surface area contributed by atoms with Gasteiger partial charge in [0.05, 0.1) is 23.4 Å².